The van der Waals surface area contributed by atoms with Crippen molar-refractivity contribution in [2.45, 2.75) is 19.5 Å². The predicted molar refractivity (Wildman–Crippen MR) is 44.1 cm³/mol. The summed E-state index contributed by atoms with van der Waals surface area (Å²) in [5, 5.41) is 2.65. The second-order valence-electron chi connectivity index (χ2n) is 2.58. The van der Waals surface area contributed by atoms with Gasteiger partial charge in [0.25, 0.3) is 0 Å². The molecule has 12 heavy (non-hydrogen) atoms. The summed E-state index contributed by atoms with van der Waals surface area (Å²) in [5.41, 5.74) is 6.20. The summed E-state index contributed by atoms with van der Waals surface area (Å²) < 4.78 is 0. The molecule has 0 unspecified atom stereocenters. The van der Waals surface area contributed by atoms with Gasteiger partial charge in [0.2, 0.25) is 5.91 Å². The van der Waals surface area contributed by atoms with E-state index in [0.717, 1.165) is 5.69 Å². The van der Waals surface area contributed by atoms with E-state index in [-0.39, 0.29) is 5.91 Å². The van der Waals surface area contributed by atoms with E-state index in [2.05, 4.69) is 15.3 Å². The van der Waals surface area contributed by atoms with Crippen LogP contribution in [0.15, 0.2) is 12.5 Å². The van der Waals surface area contributed by atoms with Crippen LogP contribution in [0.3, 0.4) is 0 Å². The molecule has 5 heteroatoms. The first-order valence-corrected chi connectivity index (χ1v) is 3.70. The van der Waals surface area contributed by atoms with Gasteiger partial charge in [-0.1, -0.05) is 0 Å². The standard InChI is InChI=1S/C7H12N4O/c1-5(8)7(12)10-3-6-2-9-4-11-6/h2,4-5H,3,8H2,1H3,(H,9,11)(H,10,12)/t5-/m0/s1. The molecular formula is C7H12N4O. The van der Waals surface area contributed by atoms with Crippen molar-refractivity contribution in [3.63, 3.8) is 0 Å². The van der Waals surface area contributed by atoms with E-state index < -0.39 is 6.04 Å². The number of carbonyl (C=O) groups is 1. The lowest BCUT2D eigenvalue weighted by atomic mass is 10.3. The molecule has 4 N–H and O–H groups in total. The van der Waals surface area contributed by atoms with Gasteiger partial charge in [-0.25, -0.2) is 4.98 Å². The Balaban J connectivity index is 2.32. The van der Waals surface area contributed by atoms with E-state index >= 15 is 0 Å². The van der Waals surface area contributed by atoms with E-state index in [1.807, 2.05) is 0 Å². The first-order chi connectivity index (χ1) is 5.70. The van der Waals surface area contributed by atoms with Crippen LogP contribution in [0.1, 0.15) is 12.6 Å². The van der Waals surface area contributed by atoms with Crippen LogP contribution in [0, 0.1) is 0 Å². The molecule has 0 saturated heterocycles. The number of aromatic amines is 1. The van der Waals surface area contributed by atoms with Crippen LogP contribution >= 0.6 is 0 Å². The summed E-state index contributed by atoms with van der Waals surface area (Å²) in [5.74, 6) is -0.162. The zero-order valence-corrected chi connectivity index (χ0v) is 6.87. The van der Waals surface area contributed by atoms with Crippen LogP contribution in [0.2, 0.25) is 0 Å². The van der Waals surface area contributed by atoms with Gasteiger partial charge in [-0.05, 0) is 6.92 Å². The summed E-state index contributed by atoms with van der Waals surface area (Å²) in [4.78, 5) is 17.6. The minimum absolute atomic E-state index is 0.162. The van der Waals surface area contributed by atoms with Crippen molar-refractivity contribution in [1.29, 1.82) is 0 Å². The summed E-state index contributed by atoms with van der Waals surface area (Å²) in [6.45, 7) is 2.09. The lowest BCUT2D eigenvalue weighted by molar-refractivity contribution is -0.122. The molecule has 1 aromatic rings. The topological polar surface area (TPSA) is 83.8 Å². The molecule has 0 bridgehead atoms. The van der Waals surface area contributed by atoms with Crippen LogP contribution in [-0.4, -0.2) is 21.9 Å². The lowest BCUT2D eigenvalue weighted by Gasteiger charge is -2.05. The number of hydrogen-bond donors (Lipinski definition) is 3. The molecule has 0 aliphatic carbocycles. The summed E-state index contributed by atoms with van der Waals surface area (Å²) in [7, 11) is 0. The predicted octanol–water partition coefficient (Wildman–Crippen LogP) is -0.627. The minimum Gasteiger partial charge on any atom is -0.349 e. The lowest BCUT2D eigenvalue weighted by Crippen LogP contribution is -2.37. The highest BCUT2D eigenvalue weighted by Gasteiger charge is 2.05. The Hall–Kier alpha value is -1.36. The third-order valence-electron chi connectivity index (χ3n) is 1.42. The molecule has 1 heterocycles. The number of nitrogens with zero attached hydrogens (tertiary/aromatic N) is 1. The number of rotatable bonds is 3. The van der Waals surface area contributed by atoms with E-state index in [4.69, 9.17) is 5.73 Å². The quantitative estimate of drug-likeness (QED) is 0.562. The van der Waals surface area contributed by atoms with Crippen LogP contribution in [0.4, 0.5) is 0 Å². The molecule has 1 rings (SSSR count). The third-order valence-corrected chi connectivity index (χ3v) is 1.42. The van der Waals surface area contributed by atoms with Gasteiger partial charge in [0.1, 0.15) is 0 Å². The smallest absolute Gasteiger partial charge is 0.236 e. The number of nitrogens with two attached hydrogens (primary N) is 1. The SMILES string of the molecule is C[C@H](N)C(=O)NCc1cnc[nH]1. The fraction of sp³-hybridized carbons (Fsp3) is 0.429. The van der Waals surface area contributed by atoms with Crippen molar-refractivity contribution < 1.29 is 4.79 Å². The molecule has 0 aliphatic heterocycles. The maximum atomic E-state index is 11.0. The number of nitrogens with one attached hydrogen (secondary N) is 2. The summed E-state index contributed by atoms with van der Waals surface area (Å²) in [6, 6.07) is -0.465. The average Bonchev–Trinajstić information content (AvgIpc) is 2.51. The highest BCUT2D eigenvalue weighted by Crippen LogP contribution is 1.89. The summed E-state index contributed by atoms with van der Waals surface area (Å²) >= 11 is 0. The first kappa shape index (κ1) is 8.73. The Morgan fingerprint density at radius 2 is 2.67 bits per heavy atom. The van der Waals surface area contributed by atoms with Gasteiger partial charge in [0.05, 0.1) is 24.6 Å². The summed E-state index contributed by atoms with van der Waals surface area (Å²) in [6.07, 6.45) is 3.22. The van der Waals surface area contributed by atoms with Gasteiger partial charge in [-0.15, -0.1) is 0 Å². The number of carbonyl (C=O) groups excluding carboxylic acids is 1. The zero-order valence-electron chi connectivity index (χ0n) is 6.87. The molecule has 1 amide bonds. The molecule has 0 aliphatic rings. The Morgan fingerprint density at radius 3 is 3.17 bits per heavy atom. The van der Waals surface area contributed by atoms with E-state index in [0.29, 0.717) is 6.54 Å². The van der Waals surface area contributed by atoms with Gasteiger partial charge in [0, 0.05) is 6.20 Å². The van der Waals surface area contributed by atoms with Gasteiger partial charge >= 0.3 is 0 Å². The molecule has 0 spiro atoms. The number of amides is 1. The molecular weight excluding hydrogens is 156 g/mol. The molecule has 1 atom stereocenters. The molecule has 0 saturated carbocycles. The maximum Gasteiger partial charge on any atom is 0.236 e. The molecule has 5 nitrogen and oxygen atoms in total. The van der Waals surface area contributed by atoms with E-state index in [1.54, 1.807) is 19.4 Å². The third kappa shape index (κ3) is 2.35. The zero-order chi connectivity index (χ0) is 8.97. The number of aromatic nitrogens is 2. The Morgan fingerprint density at radius 1 is 1.92 bits per heavy atom. The van der Waals surface area contributed by atoms with E-state index in [1.165, 1.54) is 0 Å². The van der Waals surface area contributed by atoms with Gasteiger partial charge < -0.3 is 16.0 Å². The minimum atomic E-state index is -0.465. The van der Waals surface area contributed by atoms with Crippen molar-refractivity contribution in [3.8, 4) is 0 Å². The molecule has 0 aromatic carbocycles. The van der Waals surface area contributed by atoms with Gasteiger partial charge in [-0.3, -0.25) is 4.79 Å². The second kappa shape index (κ2) is 3.87. The van der Waals surface area contributed by atoms with Crippen molar-refractivity contribution in [2.75, 3.05) is 0 Å². The van der Waals surface area contributed by atoms with Crippen molar-refractivity contribution in [3.05, 3.63) is 18.2 Å². The molecule has 1 aromatic heterocycles. The molecule has 66 valence electrons. The van der Waals surface area contributed by atoms with Gasteiger partial charge in [0.15, 0.2) is 0 Å². The number of imidazole rings is 1. The number of hydrogen-bond acceptors (Lipinski definition) is 3. The molecule has 0 fully saturated rings. The van der Waals surface area contributed by atoms with Gasteiger partial charge in [-0.2, -0.15) is 0 Å². The van der Waals surface area contributed by atoms with Crippen molar-refractivity contribution in [2.24, 2.45) is 5.73 Å². The van der Waals surface area contributed by atoms with Crippen LogP contribution < -0.4 is 11.1 Å². The highest BCUT2D eigenvalue weighted by atomic mass is 16.2. The normalized spacial score (nSPS) is 12.5. The Labute approximate surface area is 70.4 Å². The van der Waals surface area contributed by atoms with Crippen LogP contribution in [0.5, 0.6) is 0 Å². The van der Waals surface area contributed by atoms with Crippen LogP contribution in [0.25, 0.3) is 0 Å². The highest BCUT2D eigenvalue weighted by molar-refractivity contribution is 5.80. The van der Waals surface area contributed by atoms with Crippen molar-refractivity contribution >= 4 is 5.91 Å². The Bertz CT molecular complexity index is 242. The van der Waals surface area contributed by atoms with Crippen LogP contribution in [-0.2, 0) is 11.3 Å². The van der Waals surface area contributed by atoms with Crippen molar-refractivity contribution in [1.82, 2.24) is 15.3 Å². The van der Waals surface area contributed by atoms with E-state index in [9.17, 15) is 4.79 Å². The molecule has 0 radical (unpaired) electrons. The fourth-order valence-electron chi connectivity index (χ4n) is 0.725. The largest absolute Gasteiger partial charge is 0.349 e. The fourth-order valence-corrected chi connectivity index (χ4v) is 0.725. The first-order valence-electron chi connectivity index (χ1n) is 3.70. The number of H-pyrrole nitrogens is 1. The average molecular weight is 168 g/mol. The monoisotopic (exact) mass is 168 g/mol. The second-order valence-corrected chi connectivity index (χ2v) is 2.58. The Kier molecular flexibility index (Phi) is 2.82. The maximum absolute atomic E-state index is 11.0.